The third-order valence-electron chi connectivity index (χ3n) is 5.88. The van der Waals surface area contributed by atoms with Crippen LogP contribution < -0.4 is 5.32 Å². The van der Waals surface area contributed by atoms with E-state index in [1.54, 1.807) is 0 Å². The molecule has 0 spiro atoms. The maximum absolute atomic E-state index is 12.6. The Morgan fingerprint density at radius 3 is 2.52 bits per heavy atom. The molecular weight excluding hydrogens is 444 g/mol. The zero-order valence-electron chi connectivity index (χ0n) is 19.3. The SMILES string of the molecule is COC(=O)c1ccc(C(=O)OC)c(NC(=O)CSc2nnc(CCC3CCCCC3)n2C)c1. The van der Waals surface area contributed by atoms with Gasteiger partial charge in [-0.05, 0) is 30.5 Å². The molecule has 1 fully saturated rings. The van der Waals surface area contributed by atoms with Crippen LogP contribution in [0.15, 0.2) is 23.4 Å². The average molecular weight is 475 g/mol. The van der Waals surface area contributed by atoms with E-state index in [1.165, 1.54) is 76.3 Å². The van der Waals surface area contributed by atoms with E-state index in [9.17, 15) is 14.4 Å². The summed E-state index contributed by atoms with van der Waals surface area (Å²) in [6.07, 6.45) is 8.57. The molecule has 1 saturated carbocycles. The van der Waals surface area contributed by atoms with Crippen LogP contribution in [0.1, 0.15) is 65.1 Å². The normalized spacial score (nSPS) is 14.0. The van der Waals surface area contributed by atoms with Crippen molar-refractivity contribution in [3.63, 3.8) is 0 Å². The van der Waals surface area contributed by atoms with Gasteiger partial charge in [0.15, 0.2) is 5.16 Å². The van der Waals surface area contributed by atoms with Crippen LogP contribution in [0.4, 0.5) is 5.69 Å². The van der Waals surface area contributed by atoms with Gasteiger partial charge >= 0.3 is 11.9 Å². The molecule has 0 saturated heterocycles. The van der Waals surface area contributed by atoms with Crippen LogP contribution >= 0.6 is 11.8 Å². The number of carbonyl (C=O) groups is 3. The molecule has 1 aliphatic carbocycles. The van der Waals surface area contributed by atoms with Crippen molar-refractivity contribution in [3.05, 3.63) is 35.2 Å². The quantitative estimate of drug-likeness (QED) is 0.433. The van der Waals surface area contributed by atoms with E-state index >= 15 is 0 Å². The number of hydrogen-bond acceptors (Lipinski definition) is 8. The van der Waals surface area contributed by atoms with E-state index in [0.29, 0.717) is 5.16 Å². The largest absolute Gasteiger partial charge is 0.465 e. The lowest BCUT2D eigenvalue weighted by Gasteiger charge is -2.20. The fourth-order valence-electron chi connectivity index (χ4n) is 3.99. The second-order valence-electron chi connectivity index (χ2n) is 8.08. The van der Waals surface area contributed by atoms with Crippen LogP contribution in [0.5, 0.6) is 0 Å². The van der Waals surface area contributed by atoms with Crippen molar-refractivity contribution in [1.82, 2.24) is 14.8 Å². The standard InChI is InChI=1S/C23H30N4O5S/c1-27-19(12-9-15-7-5-4-6-8-15)25-26-23(27)33-14-20(28)24-18-13-16(21(29)31-2)10-11-17(18)22(30)32-3/h10-11,13,15H,4-9,12,14H2,1-3H3,(H,24,28). The van der Waals surface area contributed by atoms with E-state index < -0.39 is 11.9 Å². The fourth-order valence-corrected chi connectivity index (χ4v) is 4.72. The number of nitrogens with zero attached hydrogens (tertiary/aromatic N) is 3. The highest BCUT2D eigenvalue weighted by Crippen LogP contribution is 2.28. The molecule has 1 heterocycles. The van der Waals surface area contributed by atoms with Gasteiger partial charge in [0.05, 0.1) is 36.8 Å². The molecule has 178 valence electrons. The van der Waals surface area contributed by atoms with Crippen molar-refractivity contribution < 1.29 is 23.9 Å². The Bertz CT molecular complexity index is 1000. The predicted octanol–water partition coefficient (Wildman–Crippen LogP) is 3.63. The number of methoxy groups -OCH3 is 2. The summed E-state index contributed by atoms with van der Waals surface area (Å²) in [6.45, 7) is 0. The van der Waals surface area contributed by atoms with E-state index in [0.717, 1.165) is 24.6 Å². The van der Waals surface area contributed by atoms with Gasteiger partial charge in [-0.15, -0.1) is 10.2 Å². The number of hydrogen-bond donors (Lipinski definition) is 1. The van der Waals surface area contributed by atoms with E-state index in [2.05, 4.69) is 15.5 Å². The maximum Gasteiger partial charge on any atom is 0.339 e. The average Bonchev–Trinajstić information content (AvgIpc) is 3.20. The van der Waals surface area contributed by atoms with Crippen molar-refractivity contribution in [2.45, 2.75) is 50.1 Å². The molecule has 3 rings (SSSR count). The second-order valence-corrected chi connectivity index (χ2v) is 9.02. The minimum Gasteiger partial charge on any atom is -0.465 e. The lowest BCUT2D eigenvalue weighted by atomic mass is 9.86. The summed E-state index contributed by atoms with van der Waals surface area (Å²) in [7, 11) is 4.42. The van der Waals surface area contributed by atoms with Crippen LogP contribution in [0.3, 0.4) is 0 Å². The van der Waals surface area contributed by atoms with Gasteiger partial charge in [0.25, 0.3) is 0 Å². The van der Waals surface area contributed by atoms with Crippen LogP contribution in [0, 0.1) is 5.92 Å². The third-order valence-corrected chi connectivity index (χ3v) is 6.90. The van der Waals surface area contributed by atoms with Crippen molar-refractivity contribution >= 4 is 35.3 Å². The monoisotopic (exact) mass is 474 g/mol. The Labute approximate surface area is 197 Å². The lowest BCUT2D eigenvalue weighted by molar-refractivity contribution is -0.113. The van der Waals surface area contributed by atoms with Gasteiger partial charge in [0.1, 0.15) is 5.82 Å². The molecule has 0 bridgehead atoms. The molecule has 9 nitrogen and oxygen atoms in total. The maximum atomic E-state index is 12.6. The van der Waals surface area contributed by atoms with Gasteiger partial charge in [-0.2, -0.15) is 0 Å². The van der Waals surface area contributed by atoms with Crippen molar-refractivity contribution in [2.75, 3.05) is 25.3 Å². The third kappa shape index (κ3) is 6.56. The summed E-state index contributed by atoms with van der Waals surface area (Å²) in [6, 6.07) is 4.26. The molecule has 10 heteroatoms. The first-order valence-corrected chi connectivity index (χ1v) is 12.0. The molecule has 0 radical (unpaired) electrons. The number of thioether (sulfide) groups is 1. The highest BCUT2D eigenvalue weighted by molar-refractivity contribution is 7.99. The number of benzene rings is 1. The number of aromatic nitrogens is 3. The first-order valence-electron chi connectivity index (χ1n) is 11.0. The van der Waals surface area contributed by atoms with Gasteiger partial charge < -0.3 is 19.4 Å². The number of nitrogens with one attached hydrogen (secondary N) is 1. The first-order chi connectivity index (χ1) is 15.9. The highest BCUT2D eigenvalue weighted by atomic mass is 32.2. The molecule has 33 heavy (non-hydrogen) atoms. The zero-order valence-corrected chi connectivity index (χ0v) is 20.1. The van der Waals surface area contributed by atoms with Crippen molar-refractivity contribution in [2.24, 2.45) is 13.0 Å². The Kier molecular flexibility index (Phi) is 8.87. The van der Waals surface area contributed by atoms with E-state index in [-0.39, 0.29) is 28.5 Å². The Hall–Kier alpha value is -2.88. The summed E-state index contributed by atoms with van der Waals surface area (Å²) in [5.41, 5.74) is 0.540. The molecule has 0 aliphatic heterocycles. The molecular formula is C23H30N4O5S. The Balaban J connectivity index is 1.60. The molecule has 1 aliphatic rings. The first kappa shape index (κ1) is 24.8. The summed E-state index contributed by atoms with van der Waals surface area (Å²) >= 11 is 1.26. The minimum atomic E-state index is -0.620. The van der Waals surface area contributed by atoms with E-state index in [1.807, 2.05) is 11.6 Å². The van der Waals surface area contributed by atoms with Crippen LogP contribution in [0.2, 0.25) is 0 Å². The second kappa shape index (κ2) is 11.8. The molecule has 1 N–H and O–H groups in total. The smallest absolute Gasteiger partial charge is 0.339 e. The number of aryl methyl sites for hydroxylation is 1. The number of esters is 2. The number of anilines is 1. The van der Waals surface area contributed by atoms with Gasteiger partial charge in [0.2, 0.25) is 5.91 Å². The van der Waals surface area contributed by atoms with Crippen LogP contribution in [0.25, 0.3) is 0 Å². The Morgan fingerprint density at radius 2 is 1.82 bits per heavy atom. The molecule has 1 aromatic carbocycles. The van der Waals surface area contributed by atoms with Crippen LogP contribution in [-0.4, -0.2) is 52.6 Å². The summed E-state index contributed by atoms with van der Waals surface area (Å²) < 4.78 is 11.4. The van der Waals surface area contributed by atoms with Crippen molar-refractivity contribution in [1.29, 1.82) is 0 Å². The molecule has 1 aromatic heterocycles. The number of carbonyl (C=O) groups excluding carboxylic acids is 3. The fraction of sp³-hybridized carbons (Fsp3) is 0.522. The van der Waals surface area contributed by atoms with Crippen LogP contribution in [-0.2, 0) is 27.7 Å². The van der Waals surface area contributed by atoms with Crippen molar-refractivity contribution in [3.8, 4) is 0 Å². The summed E-state index contributed by atoms with van der Waals surface area (Å²) in [5, 5.41) is 11.9. The van der Waals surface area contributed by atoms with Gasteiger partial charge in [-0.3, -0.25) is 4.79 Å². The molecule has 0 atom stereocenters. The zero-order chi connectivity index (χ0) is 23.8. The molecule has 1 amide bonds. The number of amides is 1. The molecule has 0 unspecified atom stereocenters. The van der Waals surface area contributed by atoms with Gasteiger partial charge in [0, 0.05) is 13.5 Å². The Morgan fingerprint density at radius 1 is 1.09 bits per heavy atom. The minimum absolute atomic E-state index is 0.0671. The summed E-state index contributed by atoms with van der Waals surface area (Å²) in [5.74, 6) is 0.210. The van der Waals surface area contributed by atoms with Gasteiger partial charge in [-0.25, -0.2) is 9.59 Å². The summed E-state index contributed by atoms with van der Waals surface area (Å²) in [4.78, 5) is 36.5. The topological polar surface area (TPSA) is 112 Å². The number of ether oxygens (including phenoxy) is 2. The van der Waals surface area contributed by atoms with Gasteiger partial charge in [-0.1, -0.05) is 43.9 Å². The number of rotatable bonds is 9. The predicted molar refractivity (Wildman–Crippen MR) is 124 cm³/mol. The lowest BCUT2D eigenvalue weighted by Crippen LogP contribution is -2.18. The highest BCUT2D eigenvalue weighted by Gasteiger charge is 2.19. The molecule has 2 aromatic rings. The van der Waals surface area contributed by atoms with E-state index in [4.69, 9.17) is 9.47 Å².